The lowest BCUT2D eigenvalue weighted by Gasteiger charge is -2.15. The molecule has 3 heterocycles. The highest BCUT2D eigenvalue weighted by atomic mass is 32.1. The Bertz CT molecular complexity index is 894. The van der Waals surface area contributed by atoms with E-state index in [0.717, 1.165) is 30.8 Å². The zero-order valence-corrected chi connectivity index (χ0v) is 12.6. The molecule has 0 atom stereocenters. The number of aromatic nitrogens is 4. The second kappa shape index (κ2) is 4.36. The monoisotopic (exact) mass is 311 g/mol. The Hall–Kier alpha value is -2.28. The normalized spacial score (nSPS) is 17.2. The molecule has 0 spiro atoms. The SMILES string of the molecule is O=C(c1nn2c(C3CC3)nnc2s1)N1CCc2ccccc21. The first kappa shape index (κ1) is 12.3. The Morgan fingerprint density at radius 3 is 2.95 bits per heavy atom. The van der Waals surface area contributed by atoms with Crippen molar-refractivity contribution in [1.29, 1.82) is 0 Å². The van der Waals surface area contributed by atoms with E-state index in [0.29, 0.717) is 22.4 Å². The van der Waals surface area contributed by atoms with Crippen LogP contribution in [0, 0.1) is 0 Å². The van der Waals surface area contributed by atoms with E-state index < -0.39 is 0 Å². The van der Waals surface area contributed by atoms with E-state index in [-0.39, 0.29) is 5.91 Å². The largest absolute Gasteiger partial charge is 0.306 e. The summed E-state index contributed by atoms with van der Waals surface area (Å²) in [7, 11) is 0. The summed E-state index contributed by atoms with van der Waals surface area (Å²) in [4.78, 5) is 15.3. The lowest BCUT2D eigenvalue weighted by atomic mass is 10.2. The van der Waals surface area contributed by atoms with Gasteiger partial charge in [-0.15, -0.1) is 15.3 Å². The summed E-state index contributed by atoms with van der Waals surface area (Å²) < 4.78 is 1.75. The Labute approximate surface area is 130 Å². The number of benzene rings is 1. The lowest BCUT2D eigenvalue weighted by Crippen LogP contribution is -2.28. The van der Waals surface area contributed by atoms with Crippen LogP contribution in [-0.2, 0) is 6.42 Å². The number of rotatable bonds is 2. The Morgan fingerprint density at radius 1 is 1.23 bits per heavy atom. The van der Waals surface area contributed by atoms with Gasteiger partial charge >= 0.3 is 0 Å². The van der Waals surface area contributed by atoms with Crippen LogP contribution in [0.4, 0.5) is 5.69 Å². The molecule has 1 aliphatic heterocycles. The Kier molecular flexibility index (Phi) is 2.43. The van der Waals surface area contributed by atoms with Gasteiger partial charge in [-0.25, -0.2) is 0 Å². The first-order valence-electron chi connectivity index (χ1n) is 7.43. The number of hydrogen-bond acceptors (Lipinski definition) is 5. The molecule has 2 aliphatic rings. The van der Waals surface area contributed by atoms with Gasteiger partial charge in [0.1, 0.15) is 0 Å². The highest BCUT2D eigenvalue weighted by Gasteiger charge is 2.32. The number of amides is 1. The van der Waals surface area contributed by atoms with E-state index in [1.54, 1.807) is 4.52 Å². The van der Waals surface area contributed by atoms with Crippen molar-refractivity contribution >= 4 is 27.9 Å². The zero-order valence-electron chi connectivity index (χ0n) is 11.8. The summed E-state index contributed by atoms with van der Waals surface area (Å²) in [6, 6.07) is 8.05. The quantitative estimate of drug-likeness (QED) is 0.728. The fourth-order valence-corrected chi connectivity index (χ4v) is 3.77. The van der Waals surface area contributed by atoms with Crippen molar-refractivity contribution in [2.24, 2.45) is 0 Å². The van der Waals surface area contributed by atoms with Crippen LogP contribution in [0.5, 0.6) is 0 Å². The van der Waals surface area contributed by atoms with Gasteiger partial charge in [-0.05, 0) is 30.9 Å². The number of carbonyl (C=O) groups excluding carboxylic acids is 1. The van der Waals surface area contributed by atoms with Gasteiger partial charge in [-0.1, -0.05) is 29.5 Å². The summed E-state index contributed by atoms with van der Waals surface area (Å²) in [6.07, 6.45) is 3.18. The van der Waals surface area contributed by atoms with Gasteiger partial charge in [0.2, 0.25) is 9.97 Å². The van der Waals surface area contributed by atoms with Gasteiger partial charge in [0.05, 0.1) is 0 Å². The predicted octanol–water partition coefficient (Wildman–Crippen LogP) is 2.27. The third kappa shape index (κ3) is 1.72. The molecule has 0 bridgehead atoms. The van der Waals surface area contributed by atoms with Crippen LogP contribution in [-0.4, -0.2) is 32.3 Å². The topological polar surface area (TPSA) is 63.4 Å². The van der Waals surface area contributed by atoms with Gasteiger partial charge in [-0.3, -0.25) is 4.79 Å². The van der Waals surface area contributed by atoms with Crippen LogP contribution in [0.25, 0.3) is 4.96 Å². The fraction of sp³-hybridized carbons (Fsp3) is 0.333. The molecule has 22 heavy (non-hydrogen) atoms. The maximum Gasteiger partial charge on any atom is 0.289 e. The minimum atomic E-state index is -0.0396. The Morgan fingerprint density at radius 2 is 2.09 bits per heavy atom. The fourth-order valence-electron chi connectivity index (χ4n) is 2.98. The first-order valence-corrected chi connectivity index (χ1v) is 8.25. The van der Waals surface area contributed by atoms with Crippen molar-refractivity contribution in [1.82, 2.24) is 19.8 Å². The van der Waals surface area contributed by atoms with Crippen molar-refractivity contribution in [3.8, 4) is 0 Å². The molecule has 6 nitrogen and oxygen atoms in total. The highest BCUT2D eigenvalue weighted by Crippen LogP contribution is 2.39. The van der Waals surface area contributed by atoms with Crippen LogP contribution < -0.4 is 4.90 Å². The summed E-state index contributed by atoms with van der Waals surface area (Å²) in [6.45, 7) is 0.716. The average Bonchev–Trinajstić information content (AvgIpc) is 2.99. The van der Waals surface area contributed by atoms with E-state index in [4.69, 9.17) is 0 Å². The van der Waals surface area contributed by atoms with Crippen LogP contribution in [0.15, 0.2) is 24.3 Å². The minimum Gasteiger partial charge on any atom is -0.306 e. The molecule has 1 saturated carbocycles. The first-order chi connectivity index (χ1) is 10.8. The third-order valence-corrected chi connectivity index (χ3v) is 5.16. The number of fused-ring (bicyclic) bond motifs is 2. The molecule has 0 saturated heterocycles. The number of nitrogens with zero attached hydrogens (tertiary/aromatic N) is 5. The molecule has 7 heteroatoms. The van der Waals surface area contributed by atoms with E-state index >= 15 is 0 Å². The van der Waals surface area contributed by atoms with E-state index in [1.807, 2.05) is 23.1 Å². The maximum absolute atomic E-state index is 12.8. The number of para-hydroxylation sites is 1. The molecule has 0 radical (unpaired) electrons. The molecular formula is C15H13N5OS. The van der Waals surface area contributed by atoms with Crippen LogP contribution >= 0.6 is 11.3 Å². The van der Waals surface area contributed by atoms with Crippen molar-refractivity contribution in [3.63, 3.8) is 0 Å². The van der Waals surface area contributed by atoms with Gasteiger partial charge in [0.25, 0.3) is 5.91 Å². The second-order valence-electron chi connectivity index (χ2n) is 5.77. The summed E-state index contributed by atoms with van der Waals surface area (Å²) in [5.74, 6) is 1.32. The van der Waals surface area contributed by atoms with Gasteiger partial charge in [0.15, 0.2) is 5.82 Å². The van der Waals surface area contributed by atoms with Crippen LogP contribution in [0.1, 0.15) is 39.9 Å². The average molecular weight is 311 g/mol. The summed E-state index contributed by atoms with van der Waals surface area (Å²) >= 11 is 1.32. The highest BCUT2D eigenvalue weighted by molar-refractivity contribution is 7.18. The number of anilines is 1. The van der Waals surface area contributed by atoms with Crippen LogP contribution in [0.3, 0.4) is 0 Å². The molecule has 1 amide bonds. The predicted molar refractivity (Wildman–Crippen MR) is 82.5 cm³/mol. The van der Waals surface area contributed by atoms with E-state index in [2.05, 4.69) is 21.4 Å². The van der Waals surface area contributed by atoms with Gasteiger partial charge in [-0.2, -0.15) is 4.52 Å². The molecule has 110 valence electrons. The van der Waals surface area contributed by atoms with Crippen molar-refractivity contribution in [3.05, 3.63) is 40.7 Å². The molecule has 5 rings (SSSR count). The van der Waals surface area contributed by atoms with Crippen molar-refractivity contribution < 1.29 is 4.79 Å². The molecular weight excluding hydrogens is 298 g/mol. The molecule has 2 aromatic heterocycles. The van der Waals surface area contributed by atoms with Crippen molar-refractivity contribution in [2.75, 3.05) is 11.4 Å². The summed E-state index contributed by atoms with van der Waals surface area (Å²) in [5.41, 5.74) is 2.22. The third-order valence-electron chi connectivity index (χ3n) is 4.27. The second-order valence-corrected chi connectivity index (χ2v) is 6.73. The van der Waals surface area contributed by atoms with Gasteiger partial charge in [0, 0.05) is 18.2 Å². The number of hydrogen-bond donors (Lipinski definition) is 0. The Balaban J connectivity index is 1.53. The molecule has 0 N–H and O–H groups in total. The molecule has 1 aromatic carbocycles. The van der Waals surface area contributed by atoms with Crippen molar-refractivity contribution in [2.45, 2.75) is 25.2 Å². The summed E-state index contributed by atoms with van der Waals surface area (Å²) in [5, 5.41) is 13.3. The molecule has 1 aliphatic carbocycles. The smallest absolute Gasteiger partial charge is 0.289 e. The number of carbonyl (C=O) groups is 1. The van der Waals surface area contributed by atoms with E-state index in [9.17, 15) is 4.79 Å². The minimum absolute atomic E-state index is 0.0396. The van der Waals surface area contributed by atoms with Gasteiger partial charge < -0.3 is 4.90 Å². The molecule has 1 fully saturated rings. The van der Waals surface area contributed by atoms with E-state index in [1.165, 1.54) is 16.9 Å². The maximum atomic E-state index is 12.8. The molecule has 0 unspecified atom stereocenters. The lowest BCUT2D eigenvalue weighted by molar-refractivity contribution is 0.0988. The zero-order chi connectivity index (χ0) is 14.7. The standard InChI is InChI=1S/C15H13N5OS/c21-14(19-8-7-9-3-1-2-4-11(9)19)13-18-20-12(10-5-6-10)16-17-15(20)22-13/h1-4,10H,5-8H2. The molecule has 3 aromatic rings. The van der Waals surface area contributed by atoms with Crippen LogP contribution in [0.2, 0.25) is 0 Å².